The fraction of sp³-hybridized carbons (Fsp3) is 0.365. The molecule has 0 bridgehead atoms. The maximum atomic E-state index is 14.8. The van der Waals surface area contributed by atoms with Crippen molar-refractivity contribution in [2.45, 2.75) is 31.5 Å². The molecule has 0 aliphatic carbocycles. The number of rotatable bonds is 23. The Morgan fingerprint density at radius 2 is 1.59 bits per heavy atom. The number of nitrogens with one attached hydrogen (secondary N) is 3. The lowest BCUT2D eigenvalue weighted by Gasteiger charge is -2.36. The number of aromatic nitrogens is 1. The molecule has 9 rings (SSSR count). The monoisotopic (exact) mass is 1020 g/mol. The number of hydrogen-bond donors (Lipinski definition) is 3. The molecule has 2 saturated heterocycles. The second kappa shape index (κ2) is 23.6. The number of carbonyl (C=O) groups is 6. The Labute approximate surface area is 424 Å². The minimum absolute atomic E-state index is 0.0551. The van der Waals surface area contributed by atoms with Gasteiger partial charge in [-0.05, 0) is 71.6 Å². The van der Waals surface area contributed by atoms with Crippen LogP contribution in [-0.4, -0.2) is 154 Å². The highest BCUT2D eigenvalue weighted by Gasteiger charge is 2.46. The second-order valence-corrected chi connectivity index (χ2v) is 18.5. The van der Waals surface area contributed by atoms with E-state index in [4.69, 9.17) is 23.7 Å². The number of fused-ring (bicyclic) bond motifs is 2. The third-order valence-corrected chi connectivity index (χ3v) is 13.7. The van der Waals surface area contributed by atoms with Gasteiger partial charge < -0.3 is 38.8 Å². The van der Waals surface area contributed by atoms with Crippen LogP contribution in [0, 0.1) is 5.82 Å². The van der Waals surface area contributed by atoms with Crippen molar-refractivity contribution in [3.8, 4) is 16.9 Å². The van der Waals surface area contributed by atoms with Gasteiger partial charge in [0, 0.05) is 93.4 Å². The number of amides is 6. The van der Waals surface area contributed by atoms with Crippen LogP contribution in [0.2, 0.25) is 0 Å². The lowest BCUT2D eigenvalue weighted by atomic mass is 10.00. The lowest BCUT2D eigenvalue weighted by Crippen LogP contribution is -2.54. The molecule has 0 radical (unpaired) electrons. The van der Waals surface area contributed by atoms with Gasteiger partial charge in [-0.15, -0.1) is 11.3 Å². The number of nitrogens with zero attached hydrogens (tertiary/aromatic N) is 5. The molecule has 4 aliphatic heterocycles. The zero-order valence-electron chi connectivity index (χ0n) is 40.1. The normalized spacial score (nSPS) is 17.2. The minimum atomic E-state index is -1.23. The van der Waals surface area contributed by atoms with Crippen molar-refractivity contribution in [2.24, 2.45) is 0 Å². The number of ether oxygens (including phenoxy) is 5. The molecule has 4 aromatic carbocycles. The minimum Gasteiger partial charge on any atom is -0.467 e. The Balaban J connectivity index is 0.669. The average Bonchev–Trinajstić information content (AvgIpc) is 4.10. The molecule has 6 amide bonds. The highest BCUT2D eigenvalue weighted by Crippen LogP contribution is 2.39. The van der Waals surface area contributed by atoms with E-state index in [9.17, 15) is 33.2 Å². The Morgan fingerprint density at radius 1 is 0.836 bits per heavy atom. The van der Waals surface area contributed by atoms with Crippen molar-refractivity contribution in [1.82, 2.24) is 25.0 Å². The number of imide groups is 2. The average molecular weight is 1020 g/mol. The summed E-state index contributed by atoms with van der Waals surface area (Å²) >= 11 is 1.23. The maximum Gasteiger partial charge on any atom is 0.264 e. The molecule has 2 fully saturated rings. The van der Waals surface area contributed by atoms with Crippen LogP contribution in [0.3, 0.4) is 0 Å². The van der Waals surface area contributed by atoms with Gasteiger partial charge in [-0.25, -0.2) is 9.37 Å². The van der Waals surface area contributed by atoms with Gasteiger partial charge in [0.15, 0.2) is 11.9 Å². The Kier molecular flexibility index (Phi) is 16.4. The van der Waals surface area contributed by atoms with E-state index in [0.717, 1.165) is 60.0 Å². The predicted molar refractivity (Wildman–Crippen MR) is 267 cm³/mol. The van der Waals surface area contributed by atoms with Crippen molar-refractivity contribution in [3.63, 3.8) is 0 Å². The Bertz CT molecular complexity index is 2830. The number of piperidine rings is 1. The number of thiazole rings is 1. The molecule has 2 atom stereocenters. The second-order valence-electron chi connectivity index (χ2n) is 17.6. The number of methoxy groups -OCH3 is 1. The topological polar surface area (TPSA) is 211 Å². The van der Waals surface area contributed by atoms with Crippen molar-refractivity contribution >= 4 is 63.3 Å². The predicted octanol–water partition coefficient (Wildman–Crippen LogP) is 4.95. The molecule has 73 heavy (non-hydrogen) atoms. The van der Waals surface area contributed by atoms with Gasteiger partial charge in [0.05, 0.1) is 50.8 Å². The number of piperazine rings is 1. The molecule has 5 aromatic rings. The standard InChI is InChI=1S/C52H55FN8O11S/c1-68-32-72-43-13-9-36(53)30-40(43)46(48(64)57-52-55-16-28-73-52)60-31-35-6-5-34(29-39(35)49(60)65)33-7-10-37(11-8-33)59-19-17-58(18-20-59)21-23-70-25-27-71-26-24-69-22-15-54-41-4-2-3-38-45(41)51(67)61(50(38)66)42-12-14-44(62)56-47(42)63/h2-11,13,16,28-30,42,46,54H,12,14-15,17-27,31-32H2,1H3,(H,55,57,64)(H,56,62,63). The number of carbonyl (C=O) groups excluding carboxylic acids is 6. The van der Waals surface area contributed by atoms with Crippen LogP contribution in [-0.2, 0) is 39.9 Å². The van der Waals surface area contributed by atoms with Gasteiger partial charge in [0.1, 0.15) is 23.7 Å². The van der Waals surface area contributed by atoms with Gasteiger partial charge in [0.25, 0.3) is 23.6 Å². The van der Waals surface area contributed by atoms with E-state index in [-0.39, 0.29) is 54.5 Å². The molecule has 1 aromatic heterocycles. The maximum absolute atomic E-state index is 14.8. The van der Waals surface area contributed by atoms with Crippen molar-refractivity contribution in [3.05, 3.63) is 124 Å². The highest BCUT2D eigenvalue weighted by atomic mass is 32.1. The van der Waals surface area contributed by atoms with Crippen LogP contribution in [0.25, 0.3) is 11.1 Å². The molecule has 0 spiro atoms. The van der Waals surface area contributed by atoms with E-state index in [1.807, 2.05) is 30.3 Å². The summed E-state index contributed by atoms with van der Waals surface area (Å²) in [5.74, 6) is -3.49. The van der Waals surface area contributed by atoms with Gasteiger partial charge in [0.2, 0.25) is 11.8 Å². The third-order valence-electron chi connectivity index (χ3n) is 13.0. The van der Waals surface area contributed by atoms with Crippen LogP contribution in [0.5, 0.6) is 5.75 Å². The van der Waals surface area contributed by atoms with E-state index in [0.29, 0.717) is 62.6 Å². The van der Waals surface area contributed by atoms with Gasteiger partial charge in [-0.1, -0.05) is 30.3 Å². The molecule has 3 N–H and O–H groups in total. The van der Waals surface area contributed by atoms with E-state index in [1.165, 1.54) is 41.5 Å². The first-order valence-electron chi connectivity index (χ1n) is 24.0. The third kappa shape index (κ3) is 11.7. The fourth-order valence-electron chi connectivity index (χ4n) is 9.36. The first kappa shape index (κ1) is 50.8. The molecule has 5 heterocycles. The summed E-state index contributed by atoms with van der Waals surface area (Å²) in [5, 5.41) is 10.2. The largest absolute Gasteiger partial charge is 0.467 e. The molecule has 0 saturated carbocycles. The Morgan fingerprint density at radius 3 is 2.33 bits per heavy atom. The summed E-state index contributed by atoms with van der Waals surface area (Å²) in [7, 11) is 1.45. The smallest absolute Gasteiger partial charge is 0.264 e. The van der Waals surface area contributed by atoms with Crippen LogP contribution in [0.15, 0.2) is 90.4 Å². The van der Waals surface area contributed by atoms with Crippen molar-refractivity contribution < 1.29 is 56.8 Å². The zero-order chi connectivity index (χ0) is 50.8. The summed E-state index contributed by atoms with van der Waals surface area (Å²) in [4.78, 5) is 89.7. The number of halogens is 1. The van der Waals surface area contributed by atoms with E-state index >= 15 is 0 Å². The fourth-order valence-corrected chi connectivity index (χ4v) is 9.89. The lowest BCUT2D eigenvalue weighted by molar-refractivity contribution is -0.136. The first-order valence-corrected chi connectivity index (χ1v) is 24.9. The molecule has 4 aliphatic rings. The summed E-state index contributed by atoms with van der Waals surface area (Å²) in [6.07, 6.45) is 1.71. The molecular formula is C52H55FN8O11S. The van der Waals surface area contributed by atoms with Crippen molar-refractivity contribution in [1.29, 1.82) is 0 Å². The first-order chi connectivity index (χ1) is 35.6. The SMILES string of the molecule is COCOc1ccc(F)cc1C(C(=O)Nc1nccs1)N1Cc2ccc(-c3ccc(N4CCN(CCOCCOCCOCCNc5cccc6c5C(=O)N(C5CCC(=O)NC5=O)C6=O)CC4)cc3)cc2C1=O. The van der Waals surface area contributed by atoms with Crippen molar-refractivity contribution in [2.75, 3.05) is 108 Å². The molecular weight excluding hydrogens is 964 g/mol. The zero-order valence-corrected chi connectivity index (χ0v) is 41.0. The highest BCUT2D eigenvalue weighted by molar-refractivity contribution is 7.13. The number of benzene rings is 4. The summed E-state index contributed by atoms with van der Waals surface area (Å²) in [6, 6.07) is 20.5. The van der Waals surface area contributed by atoms with Crippen LogP contribution < -0.4 is 25.6 Å². The number of anilines is 3. The van der Waals surface area contributed by atoms with E-state index < -0.39 is 47.4 Å². The molecule has 19 nitrogen and oxygen atoms in total. The molecule has 2 unspecified atom stereocenters. The summed E-state index contributed by atoms with van der Waals surface area (Å²) < 4.78 is 42.8. The summed E-state index contributed by atoms with van der Waals surface area (Å²) in [5.41, 5.74) is 5.17. The van der Waals surface area contributed by atoms with Crippen LogP contribution in [0.1, 0.15) is 61.1 Å². The van der Waals surface area contributed by atoms with Gasteiger partial charge in [-0.3, -0.25) is 49.2 Å². The quantitative estimate of drug-likeness (QED) is 0.0449. The van der Waals surface area contributed by atoms with E-state index in [1.54, 1.807) is 29.8 Å². The Hall–Kier alpha value is -7.14. The van der Waals surface area contributed by atoms with Crippen LogP contribution >= 0.6 is 11.3 Å². The van der Waals surface area contributed by atoms with Crippen LogP contribution in [0.4, 0.5) is 20.9 Å². The molecule has 382 valence electrons. The number of hydrogen-bond acceptors (Lipinski definition) is 16. The summed E-state index contributed by atoms with van der Waals surface area (Å²) in [6.45, 7) is 7.20. The van der Waals surface area contributed by atoms with E-state index in [2.05, 4.69) is 42.9 Å². The van der Waals surface area contributed by atoms with Gasteiger partial charge >= 0.3 is 0 Å². The molecule has 21 heteroatoms. The van der Waals surface area contributed by atoms with Gasteiger partial charge in [-0.2, -0.15) is 0 Å².